The minimum absolute atomic E-state index is 0.0222. The summed E-state index contributed by atoms with van der Waals surface area (Å²) in [5, 5.41) is -0.0222. The Morgan fingerprint density at radius 2 is 2.11 bits per heavy atom. The molecule has 1 aliphatic rings. The molecule has 106 valence electrons. The van der Waals surface area contributed by atoms with Crippen molar-refractivity contribution in [2.45, 2.75) is 37.8 Å². The zero-order valence-electron chi connectivity index (χ0n) is 11.0. The number of nitrogens with one attached hydrogen (secondary N) is 2. The van der Waals surface area contributed by atoms with Gasteiger partial charge in [0.2, 0.25) is 5.91 Å². The van der Waals surface area contributed by atoms with Crippen LogP contribution in [0.1, 0.15) is 25.6 Å². The first-order valence-electron chi connectivity index (χ1n) is 6.23. The molecule has 1 atom stereocenters. The Labute approximate surface area is 112 Å². The lowest BCUT2D eigenvalue weighted by Crippen LogP contribution is -2.45. The predicted octanol–water partition coefficient (Wildman–Crippen LogP) is 0.00732. The Bertz CT molecular complexity index is 560. The number of rotatable bonds is 4. The van der Waals surface area contributed by atoms with Crippen LogP contribution in [0.2, 0.25) is 0 Å². The number of carbonyl (C=O) groups is 1. The van der Waals surface area contributed by atoms with Crippen LogP contribution >= 0.6 is 0 Å². The van der Waals surface area contributed by atoms with E-state index < -0.39 is 16.1 Å². The predicted molar refractivity (Wildman–Crippen MR) is 68.9 cm³/mol. The third-order valence-corrected chi connectivity index (χ3v) is 4.54. The van der Waals surface area contributed by atoms with Crippen LogP contribution in [0.5, 0.6) is 0 Å². The van der Waals surface area contributed by atoms with Gasteiger partial charge in [0.15, 0.2) is 5.03 Å². The number of aromatic amines is 1. The van der Waals surface area contributed by atoms with E-state index >= 15 is 0 Å². The smallest absolute Gasteiger partial charge is 0.258 e. The van der Waals surface area contributed by atoms with Crippen LogP contribution in [0, 0.1) is 6.92 Å². The Kier molecular flexibility index (Phi) is 3.91. The maximum atomic E-state index is 12.0. The van der Waals surface area contributed by atoms with Gasteiger partial charge in [-0.1, -0.05) is 0 Å². The molecule has 1 aromatic rings. The van der Waals surface area contributed by atoms with Gasteiger partial charge in [-0.25, -0.2) is 13.4 Å². The molecule has 19 heavy (non-hydrogen) atoms. The van der Waals surface area contributed by atoms with E-state index in [4.69, 9.17) is 0 Å². The number of carbonyl (C=O) groups excluding carboxylic acids is 1. The molecule has 1 amide bonds. The molecule has 2 rings (SSSR count). The van der Waals surface area contributed by atoms with E-state index in [1.807, 2.05) is 0 Å². The standard InChI is InChI=1S/C11H18N4O3S/c1-8(11(16)15-5-3-4-6-15)14-19(17,18)10-7-12-9(2)13-10/h7-8,14H,3-6H2,1-2H3,(H,12,13). The molecule has 0 bridgehead atoms. The summed E-state index contributed by atoms with van der Waals surface area (Å²) in [5.41, 5.74) is 0. The number of likely N-dealkylation sites (tertiary alicyclic amines) is 1. The van der Waals surface area contributed by atoms with Gasteiger partial charge in [0.1, 0.15) is 5.82 Å². The molecule has 2 N–H and O–H groups in total. The number of amides is 1. The summed E-state index contributed by atoms with van der Waals surface area (Å²) >= 11 is 0. The van der Waals surface area contributed by atoms with Gasteiger partial charge in [-0.3, -0.25) is 4.79 Å². The summed E-state index contributed by atoms with van der Waals surface area (Å²) in [5.74, 6) is 0.330. The van der Waals surface area contributed by atoms with Gasteiger partial charge in [0.25, 0.3) is 10.0 Å². The van der Waals surface area contributed by atoms with Crippen LogP contribution in [-0.4, -0.2) is 48.3 Å². The van der Waals surface area contributed by atoms with Crippen molar-refractivity contribution in [2.24, 2.45) is 0 Å². The third-order valence-electron chi connectivity index (χ3n) is 3.09. The molecule has 0 aromatic carbocycles. The lowest BCUT2D eigenvalue weighted by atomic mass is 10.3. The summed E-state index contributed by atoms with van der Waals surface area (Å²) in [6, 6.07) is -0.772. The molecule has 1 aromatic heterocycles. The number of hydrogen-bond acceptors (Lipinski definition) is 4. The molecule has 7 nitrogen and oxygen atoms in total. The van der Waals surface area contributed by atoms with Gasteiger partial charge in [-0.2, -0.15) is 4.72 Å². The Morgan fingerprint density at radius 3 is 2.63 bits per heavy atom. The maximum absolute atomic E-state index is 12.0. The first kappa shape index (κ1) is 14.0. The minimum Gasteiger partial charge on any atom is -0.341 e. The van der Waals surface area contributed by atoms with E-state index in [9.17, 15) is 13.2 Å². The molecule has 8 heteroatoms. The zero-order chi connectivity index (χ0) is 14.0. The number of aromatic nitrogens is 2. The van der Waals surface area contributed by atoms with Crippen LogP contribution < -0.4 is 4.72 Å². The van der Waals surface area contributed by atoms with E-state index in [1.54, 1.807) is 18.7 Å². The molecule has 2 heterocycles. The fraction of sp³-hybridized carbons (Fsp3) is 0.636. The lowest BCUT2D eigenvalue weighted by Gasteiger charge is -2.20. The second kappa shape index (κ2) is 5.30. The molecular weight excluding hydrogens is 268 g/mol. The summed E-state index contributed by atoms with van der Waals surface area (Å²) in [4.78, 5) is 20.2. The summed E-state index contributed by atoms with van der Waals surface area (Å²) in [6.45, 7) is 4.63. The second-order valence-corrected chi connectivity index (χ2v) is 6.39. The van der Waals surface area contributed by atoms with Crippen molar-refractivity contribution in [3.05, 3.63) is 12.0 Å². The van der Waals surface area contributed by atoms with Gasteiger partial charge in [-0.15, -0.1) is 0 Å². The summed E-state index contributed by atoms with van der Waals surface area (Å²) < 4.78 is 26.4. The Balaban J connectivity index is 2.05. The molecule has 0 saturated carbocycles. The van der Waals surface area contributed by atoms with Crippen LogP contribution in [0.15, 0.2) is 11.2 Å². The molecule has 1 unspecified atom stereocenters. The Hall–Kier alpha value is -1.41. The largest absolute Gasteiger partial charge is 0.341 e. The van der Waals surface area contributed by atoms with E-state index in [1.165, 1.54) is 6.20 Å². The highest BCUT2D eigenvalue weighted by Gasteiger charge is 2.28. The minimum atomic E-state index is -3.73. The van der Waals surface area contributed by atoms with Crippen molar-refractivity contribution >= 4 is 15.9 Å². The first-order valence-corrected chi connectivity index (χ1v) is 7.71. The number of hydrogen-bond donors (Lipinski definition) is 2. The number of imidazole rings is 1. The quantitative estimate of drug-likeness (QED) is 0.815. The number of aryl methyl sites for hydroxylation is 1. The Morgan fingerprint density at radius 1 is 1.47 bits per heavy atom. The van der Waals surface area contributed by atoms with Crippen molar-refractivity contribution in [3.8, 4) is 0 Å². The topological polar surface area (TPSA) is 95.2 Å². The maximum Gasteiger partial charge on any atom is 0.258 e. The number of nitrogens with zero attached hydrogens (tertiary/aromatic N) is 2. The van der Waals surface area contributed by atoms with E-state index in [-0.39, 0.29) is 10.9 Å². The summed E-state index contributed by atoms with van der Waals surface area (Å²) in [7, 11) is -3.73. The normalized spacial score (nSPS) is 17.7. The van der Waals surface area contributed by atoms with Crippen LogP contribution in [0.25, 0.3) is 0 Å². The van der Waals surface area contributed by atoms with Crippen molar-refractivity contribution < 1.29 is 13.2 Å². The second-order valence-electron chi connectivity index (χ2n) is 4.71. The average molecular weight is 286 g/mol. The van der Waals surface area contributed by atoms with Crippen molar-refractivity contribution in [2.75, 3.05) is 13.1 Å². The number of H-pyrrole nitrogens is 1. The molecular formula is C11H18N4O3S. The third kappa shape index (κ3) is 3.13. The fourth-order valence-electron chi connectivity index (χ4n) is 2.09. The van der Waals surface area contributed by atoms with Crippen LogP contribution in [0.4, 0.5) is 0 Å². The molecule has 0 spiro atoms. The average Bonchev–Trinajstić information content (AvgIpc) is 2.97. The highest BCUT2D eigenvalue weighted by molar-refractivity contribution is 7.89. The SMILES string of the molecule is Cc1ncc(S(=O)(=O)NC(C)C(=O)N2CCCC2)[nH]1. The highest BCUT2D eigenvalue weighted by atomic mass is 32.2. The highest BCUT2D eigenvalue weighted by Crippen LogP contribution is 2.11. The van der Waals surface area contributed by atoms with Crippen LogP contribution in [-0.2, 0) is 14.8 Å². The van der Waals surface area contributed by atoms with Crippen molar-refractivity contribution in [1.29, 1.82) is 0 Å². The van der Waals surface area contributed by atoms with Gasteiger partial charge in [-0.05, 0) is 26.7 Å². The van der Waals surface area contributed by atoms with Crippen LogP contribution in [0.3, 0.4) is 0 Å². The fourth-order valence-corrected chi connectivity index (χ4v) is 3.26. The van der Waals surface area contributed by atoms with Gasteiger partial charge in [0.05, 0.1) is 12.2 Å². The van der Waals surface area contributed by atoms with Crippen molar-refractivity contribution in [1.82, 2.24) is 19.6 Å². The zero-order valence-corrected chi connectivity index (χ0v) is 11.8. The van der Waals surface area contributed by atoms with E-state index in [0.717, 1.165) is 12.8 Å². The number of sulfonamides is 1. The van der Waals surface area contributed by atoms with E-state index in [2.05, 4.69) is 14.7 Å². The molecule has 1 saturated heterocycles. The van der Waals surface area contributed by atoms with Crippen molar-refractivity contribution in [3.63, 3.8) is 0 Å². The van der Waals surface area contributed by atoms with Gasteiger partial charge >= 0.3 is 0 Å². The molecule has 1 aliphatic heterocycles. The van der Waals surface area contributed by atoms with Gasteiger partial charge in [0, 0.05) is 13.1 Å². The lowest BCUT2D eigenvalue weighted by molar-refractivity contribution is -0.131. The summed E-state index contributed by atoms with van der Waals surface area (Å²) in [6.07, 6.45) is 3.20. The monoisotopic (exact) mass is 286 g/mol. The first-order chi connectivity index (χ1) is 8.90. The molecule has 0 aliphatic carbocycles. The molecule has 1 fully saturated rings. The van der Waals surface area contributed by atoms with Gasteiger partial charge < -0.3 is 9.88 Å². The molecule has 0 radical (unpaired) electrons. The van der Waals surface area contributed by atoms with E-state index in [0.29, 0.717) is 18.9 Å².